The molecule has 0 saturated carbocycles. The Kier molecular flexibility index (Phi) is 8.58. The number of aliphatic imine (C=N–C) groups is 1. The van der Waals surface area contributed by atoms with E-state index in [9.17, 15) is 0 Å². The summed E-state index contributed by atoms with van der Waals surface area (Å²) in [6.07, 6.45) is 7.13. The molecular weight excluding hydrogens is 224 g/mol. The Morgan fingerprint density at radius 2 is 2.17 bits per heavy atom. The molecule has 0 heterocycles. The highest BCUT2D eigenvalue weighted by Gasteiger charge is 2.03. The Balaban J connectivity index is 4.47. The molecule has 0 saturated heterocycles. The Bertz CT molecular complexity index is 365. The second-order valence-corrected chi connectivity index (χ2v) is 4.01. The molecule has 18 heavy (non-hydrogen) atoms. The van der Waals surface area contributed by atoms with E-state index in [1.165, 1.54) is 0 Å². The second-order valence-electron chi connectivity index (χ2n) is 4.01. The van der Waals surface area contributed by atoms with Crippen LogP contribution < -0.4 is 5.32 Å². The minimum Gasteiger partial charge on any atom is -0.496 e. The van der Waals surface area contributed by atoms with Crippen molar-refractivity contribution in [2.45, 2.75) is 19.9 Å². The monoisotopic (exact) mass is 248 g/mol. The van der Waals surface area contributed by atoms with Crippen LogP contribution in [0.1, 0.15) is 13.8 Å². The van der Waals surface area contributed by atoms with Crippen LogP contribution in [0, 0.1) is 0 Å². The predicted octanol–water partition coefficient (Wildman–Crippen LogP) is 2.88. The molecule has 0 bridgehead atoms. The standard InChI is InChI=1S/C15H24N2O/c1-7-15(12(2)8-9-16-5)11-18-10-13(3)14(4)17-6/h7-9,11,14,17H,1,3,10H2,2,4-6H3/b12-8+,15-11+,16-9?/t14-/m0/s1. The summed E-state index contributed by atoms with van der Waals surface area (Å²) in [6, 6.07) is 0.245. The molecule has 0 fully saturated rings. The molecule has 100 valence electrons. The van der Waals surface area contributed by atoms with Gasteiger partial charge in [0.25, 0.3) is 0 Å². The number of nitrogens with one attached hydrogen (secondary N) is 1. The maximum atomic E-state index is 5.51. The molecule has 0 rings (SSSR count). The van der Waals surface area contributed by atoms with Crippen molar-refractivity contribution in [1.29, 1.82) is 0 Å². The first-order valence-corrected chi connectivity index (χ1v) is 5.95. The number of hydrogen-bond donors (Lipinski definition) is 1. The van der Waals surface area contributed by atoms with Crippen LogP contribution in [0.2, 0.25) is 0 Å². The molecule has 0 amide bonds. The summed E-state index contributed by atoms with van der Waals surface area (Å²) in [5.74, 6) is 0. The minimum absolute atomic E-state index is 0.245. The molecule has 0 radical (unpaired) electrons. The minimum atomic E-state index is 0.245. The Morgan fingerprint density at radius 3 is 2.67 bits per heavy atom. The number of hydrogen-bond acceptors (Lipinski definition) is 3. The molecule has 0 spiro atoms. The number of nitrogens with zero attached hydrogens (tertiary/aromatic N) is 1. The quantitative estimate of drug-likeness (QED) is 0.310. The molecule has 0 aromatic heterocycles. The Labute approximate surface area is 111 Å². The topological polar surface area (TPSA) is 33.6 Å². The Morgan fingerprint density at radius 1 is 1.50 bits per heavy atom. The molecule has 0 aliphatic carbocycles. The molecule has 3 heteroatoms. The van der Waals surface area contributed by atoms with Gasteiger partial charge in [0.1, 0.15) is 6.61 Å². The van der Waals surface area contributed by atoms with Gasteiger partial charge in [0.05, 0.1) is 6.26 Å². The van der Waals surface area contributed by atoms with E-state index < -0.39 is 0 Å². The molecule has 0 aliphatic rings. The lowest BCUT2D eigenvalue weighted by atomic mass is 10.1. The number of likely N-dealkylation sites (N-methyl/N-ethyl adjacent to an activating group) is 1. The molecule has 0 aromatic carbocycles. The molecule has 1 N–H and O–H groups in total. The first-order chi connectivity index (χ1) is 8.56. The SMILES string of the molecule is C=CC(=C\OCC(=C)[C@H](C)NC)/C(C)=C/C=NC. The van der Waals surface area contributed by atoms with Gasteiger partial charge in [0, 0.05) is 24.9 Å². The normalized spacial score (nSPS) is 14.7. The van der Waals surface area contributed by atoms with Gasteiger partial charge >= 0.3 is 0 Å². The summed E-state index contributed by atoms with van der Waals surface area (Å²) in [4.78, 5) is 3.91. The van der Waals surface area contributed by atoms with E-state index in [1.807, 2.05) is 27.0 Å². The number of ether oxygens (including phenoxy) is 1. The first kappa shape index (κ1) is 16.4. The summed E-state index contributed by atoms with van der Waals surface area (Å²) in [5.41, 5.74) is 3.01. The zero-order valence-corrected chi connectivity index (χ0v) is 11.9. The van der Waals surface area contributed by atoms with Gasteiger partial charge in [-0.2, -0.15) is 0 Å². The average molecular weight is 248 g/mol. The van der Waals surface area contributed by atoms with Crippen LogP contribution in [0.3, 0.4) is 0 Å². The van der Waals surface area contributed by atoms with E-state index in [0.29, 0.717) is 6.61 Å². The summed E-state index contributed by atoms with van der Waals surface area (Å²) >= 11 is 0. The molecule has 0 unspecified atom stereocenters. The fourth-order valence-electron chi connectivity index (χ4n) is 1.15. The maximum absolute atomic E-state index is 5.51. The van der Waals surface area contributed by atoms with Gasteiger partial charge in [-0.15, -0.1) is 0 Å². The maximum Gasteiger partial charge on any atom is 0.110 e. The number of allylic oxidation sites excluding steroid dienone is 4. The lowest BCUT2D eigenvalue weighted by Gasteiger charge is -2.13. The van der Waals surface area contributed by atoms with Gasteiger partial charge in [-0.1, -0.05) is 19.2 Å². The molecule has 0 aromatic rings. The van der Waals surface area contributed by atoms with Crippen LogP contribution in [0.5, 0.6) is 0 Å². The fraction of sp³-hybridized carbons (Fsp3) is 0.400. The van der Waals surface area contributed by atoms with E-state index >= 15 is 0 Å². The average Bonchev–Trinajstić information content (AvgIpc) is 2.39. The van der Waals surface area contributed by atoms with E-state index in [1.54, 1.807) is 25.6 Å². The van der Waals surface area contributed by atoms with Crippen LogP contribution in [-0.2, 0) is 4.74 Å². The molecular formula is C15H24N2O. The van der Waals surface area contributed by atoms with E-state index in [0.717, 1.165) is 16.7 Å². The predicted molar refractivity (Wildman–Crippen MR) is 80.1 cm³/mol. The lowest BCUT2D eigenvalue weighted by Crippen LogP contribution is -2.24. The van der Waals surface area contributed by atoms with Gasteiger partial charge in [0.2, 0.25) is 0 Å². The summed E-state index contributed by atoms with van der Waals surface area (Å²) in [5, 5.41) is 3.12. The van der Waals surface area contributed by atoms with E-state index in [2.05, 4.69) is 23.5 Å². The van der Waals surface area contributed by atoms with Gasteiger partial charge < -0.3 is 10.1 Å². The third kappa shape index (κ3) is 6.21. The molecule has 3 nitrogen and oxygen atoms in total. The summed E-state index contributed by atoms with van der Waals surface area (Å²) < 4.78 is 5.51. The molecule has 0 aliphatic heterocycles. The van der Waals surface area contributed by atoms with Crippen molar-refractivity contribution in [1.82, 2.24) is 5.32 Å². The molecule has 1 atom stereocenters. The van der Waals surface area contributed by atoms with Gasteiger partial charge in [0.15, 0.2) is 0 Å². The van der Waals surface area contributed by atoms with Crippen LogP contribution in [0.25, 0.3) is 0 Å². The third-order valence-electron chi connectivity index (χ3n) is 2.67. The lowest BCUT2D eigenvalue weighted by molar-refractivity contribution is 0.271. The first-order valence-electron chi connectivity index (χ1n) is 5.95. The van der Waals surface area contributed by atoms with Gasteiger partial charge in [-0.25, -0.2) is 0 Å². The van der Waals surface area contributed by atoms with Crippen molar-refractivity contribution in [3.63, 3.8) is 0 Å². The van der Waals surface area contributed by atoms with Crippen molar-refractivity contribution in [2.75, 3.05) is 20.7 Å². The summed E-state index contributed by atoms with van der Waals surface area (Å²) in [6.45, 7) is 12.3. The van der Waals surface area contributed by atoms with Crippen molar-refractivity contribution in [3.05, 3.63) is 48.3 Å². The fourth-order valence-corrected chi connectivity index (χ4v) is 1.15. The van der Waals surface area contributed by atoms with Crippen molar-refractivity contribution in [3.8, 4) is 0 Å². The largest absolute Gasteiger partial charge is 0.496 e. The highest BCUT2D eigenvalue weighted by atomic mass is 16.5. The van der Waals surface area contributed by atoms with Crippen LogP contribution in [0.15, 0.2) is 53.3 Å². The van der Waals surface area contributed by atoms with E-state index in [-0.39, 0.29) is 6.04 Å². The second kappa shape index (κ2) is 9.42. The van der Waals surface area contributed by atoms with Crippen molar-refractivity contribution >= 4 is 6.21 Å². The summed E-state index contributed by atoms with van der Waals surface area (Å²) in [7, 11) is 3.64. The smallest absolute Gasteiger partial charge is 0.110 e. The highest BCUT2D eigenvalue weighted by molar-refractivity contribution is 5.73. The van der Waals surface area contributed by atoms with Gasteiger partial charge in [-0.05, 0) is 38.1 Å². The zero-order chi connectivity index (χ0) is 14.0. The third-order valence-corrected chi connectivity index (χ3v) is 2.67. The van der Waals surface area contributed by atoms with Crippen LogP contribution in [-0.4, -0.2) is 33.0 Å². The van der Waals surface area contributed by atoms with Gasteiger partial charge in [-0.3, -0.25) is 4.99 Å². The highest BCUT2D eigenvalue weighted by Crippen LogP contribution is 2.10. The van der Waals surface area contributed by atoms with Crippen LogP contribution >= 0.6 is 0 Å². The van der Waals surface area contributed by atoms with Crippen LogP contribution in [0.4, 0.5) is 0 Å². The van der Waals surface area contributed by atoms with Crippen molar-refractivity contribution in [2.24, 2.45) is 4.99 Å². The van der Waals surface area contributed by atoms with Crippen molar-refractivity contribution < 1.29 is 4.74 Å². The Hall–Kier alpha value is -1.61. The van der Waals surface area contributed by atoms with E-state index in [4.69, 9.17) is 4.74 Å². The number of rotatable bonds is 8. The zero-order valence-electron chi connectivity index (χ0n) is 11.9.